The number of nitrogens with one attached hydrogen (secondary N) is 1. The Morgan fingerprint density at radius 3 is 2.65 bits per heavy atom. The van der Waals surface area contributed by atoms with Gasteiger partial charge in [0.2, 0.25) is 5.91 Å². The SMILES string of the molecule is COc1cc2ncnc(Nc3ccc(F)c(Cl)c3)c2cc1O[C@H]1CC[C@@H](N(C)C(=O)C2CCOC2)CC1. The summed E-state index contributed by atoms with van der Waals surface area (Å²) >= 11 is 5.94. The average Bonchev–Trinajstić information content (AvgIpc) is 3.45. The molecule has 1 unspecified atom stereocenters. The van der Waals surface area contributed by atoms with Crippen LogP contribution in [0.2, 0.25) is 5.02 Å². The number of aromatic nitrogens is 2. The molecule has 2 aromatic carbocycles. The van der Waals surface area contributed by atoms with Crippen molar-refractivity contribution < 1.29 is 23.4 Å². The minimum absolute atomic E-state index is 0.00198. The highest BCUT2D eigenvalue weighted by Crippen LogP contribution is 2.37. The van der Waals surface area contributed by atoms with E-state index in [2.05, 4.69) is 15.3 Å². The van der Waals surface area contributed by atoms with Gasteiger partial charge in [0.05, 0.1) is 36.3 Å². The fourth-order valence-corrected chi connectivity index (χ4v) is 5.23. The second-order valence-electron chi connectivity index (χ2n) is 9.55. The number of halogens is 2. The molecule has 2 fully saturated rings. The van der Waals surface area contributed by atoms with E-state index in [0.717, 1.165) is 37.5 Å². The molecule has 196 valence electrons. The highest BCUT2D eigenvalue weighted by atomic mass is 35.5. The van der Waals surface area contributed by atoms with Gasteiger partial charge in [-0.15, -0.1) is 0 Å². The van der Waals surface area contributed by atoms with Gasteiger partial charge < -0.3 is 24.4 Å². The number of fused-ring (bicyclic) bond motifs is 1. The number of nitrogens with zero attached hydrogens (tertiary/aromatic N) is 3. The third-order valence-electron chi connectivity index (χ3n) is 7.21. The van der Waals surface area contributed by atoms with E-state index >= 15 is 0 Å². The van der Waals surface area contributed by atoms with Gasteiger partial charge in [-0.1, -0.05) is 11.6 Å². The normalized spacial score (nSPS) is 21.6. The first-order valence-corrected chi connectivity index (χ1v) is 12.9. The van der Waals surface area contributed by atoms with Gasteiger partial charge in [0.15, 0.2) is 11.5 Å². The van der Waals surface area contributed by atoms with Crippen LogP contribution >= 0.6 is 11.6 Å². The Kier molecular flexibility index (Phi) is 7.62. The van der Waals surface area contributed by atoms with Crippen molar-refractivity contribution in [3.8, 4) is 11.5 Å². The molecule has 1 saturated carbocycles. The molecule has 1 aliphatic carbocycles. The lowest BCUT2D eigenvalue weighted by Gasteiger charge is -2.36. The summed E-state index contributed by atoms with van der Waals surface area (Å²) in [6, 6.07) is 8.29. The minimum Gasteiger partial charge on any atom is -0.493 e. The van der Waals surface area contributed by atoms with E-state index in [1.54, 1.807) is 13.2 Å². The van der Waals surface area contributed by atoms with E-state index < -0.39 is 5.82 Å². The van der Waals surface area contributed by atoms with E-state index in [1.165, 1.54) is 18.5 Å². The first kappa shape index (κ1) is 25.5. The molecule has 5 rings (SSSR count). The first-order valence-electron chi connectivity index (χ1n) is 12.5. The molecule has 8 nitrogen and oxygen atoms in total. The summed E-state index contributed by atoms with van der Waals surface area (Å²) in [5.41, 5.74) is 1.28. The quantitative estimate of drug-likeness (QED) is 0.442. The van der Waals surface area contributed by atoms with E-state index in [9.17, 15) is 9.18 Å². The summed E-state index contributed by atoms with van der Waals surface area (Å²) in [5, 5.41) is 3.94. The van der Waals surface area contributed by atoms with Crippen molar-refractivity contribution in [2.45, 2.75) is 44.2 Å². The topological polar surface area (TPSA) is 85.8 Å². The van der Waals surface area contributed by atoms with Crippen molar-refractivity contribution in [3.63, 3.8) is 0 Å². The molecule has 1 saturated heterocycles. The number of carbonyl (C=O) groups excluding carboxylic acids is 1. The fraction of sp³-hybridized carbons (Fsp3) is 0.444. The summed E-state index contributed by atoms with van der Waals surface area (Å²) in [6.07, 6.45) is 5.65. The zero-order valence-corrected chi connectivity index (χ0v) is 21.6. The molecule has 37 heavy (non-hydrogen) atoms. The number of hydrogen-bond acceptors (Lipinski definition) is 7. The van der Waals surface area contributed by atoms with Crippen LogP contribution in [0.25, 0.3) is 10.9 Å². The number of rotatable bonds is 7. The summed E-state index contributed by atoms with van der Waals surface area (Å²) in [4.78, 5) is 23.4. The summed E-state index contributed by atoms with van der Waals surface area (Å²) in [6.45, 7) is 1.19. The number of anilines is 2. The standard InChI is InChI=1S/C27H30ClFN4O4/c1-33(27(34)16-9-10-36-14-16)18-4-6-19(7-5-18)37-25-12-20-23(13-24(25)35-2)30-15-31-26(20)32-17-3-8-22(29)21(28)11-17/h3,8,11-13,15-16,18-19H,4-7,9-10,14H2,1-2H3,(H,30,31,32)/t16?,18-,19+. The molecule has 0 spiro atoms. The lowest BCUT2D eigenvalue weighted by Crippen LogP contribution is -2.44. The van der Waals surface area contributed by atoms with Crippen LogP contribution in [0.15, 0.2) is 36.7 Å². The molecule has 0 radical (unpaired) electrons. The molecule has 0 bridgehead atoms. The maximum atomic E-state index is 13.6. The van der Waals surface area contributed by atoms with Crippen LogP contribution in [-0.2, 0) is 9.53 Å². The third-order valence-corrected chi connectivity index (χ3v) is 7.50. The van der Waals surface area contributed by atoms with Crippen molar-refractivity contribution >= 4 is 39.9 Å². The fourth-order valence-electron chi connectivity index (χ4n) is 5.05. The highest BCUT2D eigenvalue weighted by Gasteiger charge is 2.32. The predicted octanol–water partition coefficient (Wildman–Crippen LogP) is 5.36. The van der Waals surface area contributed by atoms with Gasteiger partial charge >= 0.3 is 0 Å². The summed E-state index contributed by atoms with van der Waals surface area (Å²) in [5.74, 6) is 1.40. The third kappa shape index (κ3) is 5.57. The number of benzene rings is 2. The molecular formula is C27H30ClFN4O4. The van der Waals surface area contributed by atoms with E-state index in [1.807, 2.05) is 24.1 Å². The van der Waals surface area contributed by atoms with Crippen molar-refractivity contribution in [2.75, 3.05) is 32.7 Å². The number of ether oxygens (including phenoxy) is 3. The Hall–Kier alpha value is -3.17. The Bertz CT molecular complexity index is 1280. The van der Waals surface area contributed by atoms with E-state index in [4.69, 9.17) is 25.8 Å². The van der Waals surface area contributed by atoms with Crippen LogP contribution < -0.4 is 14.8 Å². The molecule has 1 aromatic heterocycles. The lowest BCUT2D eigenvalue weighted by molar-refractivity contribution is -0.137. The highest BCUT2D eigenvalue weighted by molar-refractivity contribution is 6.31. The van der Waals surface area contributed by atoms with Crippen LogP contribution in [0.1, 0.15) is 32.1 Å². The maximum Gasteiger partial charge on any atom is 0.228 e. The van der Waals surface area contributed by atoms with Crippen molar-refractivity contribution in [2.24, 2.45) is 5.92 Å². The van der Waals surface area contributed by atoms with Crippen molar-refractivity contribution in [1.29, 1.82) is 0 Å². The average molecular weight is 529 g/mol. The number of amides is 1. The minimum atomic E-state index is -0.488. The first-order chi connectivity index (χ1) is 17.9. The number of hydrogen-bond donors (Lipinski definition) is 1. The Morgan fingerprint density at radius 2 is 1.95 bits per heavy atom. The van der Waals surface area contributed by atoms with Gasteiger partial charge in [-0.25, -0.2) is 14.4 Å². The molecule has 1 N–H and O–H groups in total. The summed E-state index contributed by atoms with van der Waals surface area (Å²) in [7, 11) is 3.50. The molecule has 10 heteroatoms. The van der Waals surface area contributed by atoms with Gasteiger partial charge in [-0.05, 0) is 56.4 Å². The number of methoxy groups -OCH3 is 1. The Labute approximate surface area is 220 Å². The summed E-state index contributed by atoms with van der Waals surface area (Å²) < 4.78 is 31.0. The van der Waals surface area contributed by atoms with Gasteiger partial charge in [0.1, 0.15) is 18.0 Å². The smallest absolute Gasteiger partial charge is 0.228 e. The molecule has 3 aromatic rings. The molecular weight excluding hydrogens is 499 g/mol. The zero-order valence-electron chi connectivity index (χ0n) is 20.9. The number of carbonyl (C=O) groups is 1. The molecule has 1 aliphatic heterocycles. The second-order valence-corrected chi connectivity index (χ2v) is 9.96. The van der Waals surface area contributed by atoms with Crippen molar-refractivity contribution in [1.82, 2.24) is 14.9 Å². The molecule has 1 amide bonds. The van der Waals surface area contributed by atoms with Gasteiger partial charge in [0.25, 0.3) is 0 Å². The Morgan fingerprint density at radius 1 is 1.14 bits per heavy atom. The maximum absolute atomic E-state index is 13.6. The molecule has 2 aliphatic rings. The van der Waals surface area contributed by atoms with Crippen LogP contribution in [0.4, 0.5) is 15.9 Å². The second kappa shape index (κ2) is 11.1. The predicted molar refractivity (Wildman–Crippen MR) is 139 cm³/mol. The largest absolute Gasteiger partial charge is 0.493 e. The monoisotopic (exact) mass is 528 g/mol. The van der Waals surface area contributed by atoms with Crippen LogP contribution in [0.3, 0.4) is 0 Å². The lowest BCUT2D eigenvalue weighted by atomic mass is 9.91. The molecule has 2 heterocycles. The van der Waals surface area contributed by atoms with Gasteiger partial charge in [0, 0.05) is 36.8 Å². The molecule has 1 atom stereocenters. The van der Waals surface area contributed by atoms with Crippen LogP contribution in [-0.4, -0.2) is 60.3 Å². The van der Waals surface area contributed by atoms with Crippen LogP contribution in [0.5, 0.6) is 11.5 Å². The Balaban J connectivity index is 1.30. The zero-order chi connectivity index (χ0) is 25.9. The van der Waals surface area contributed by atoms with Gasteiger partial charge in [-0.3, -0.25) is 4.79 Å². The van der Waals surface area contributed by atoms with Gasteiger partial charge in [-0.2, -0.15) is 0 Å². The van der Waals surface area contributed by atoms with E-state index in [0.29, 0.717) is 41.7 Å². The van der Waals surface area contributed by atoms with Crippen LogP contribution in [0, 0.1) is 11.7 Å². The van der Waals surface area contributed by atoms with E-state index in [-0.39, 0.29) is 29.0 Å². The van der Waals surface area contributed by atoms with Crippen molar-refractivity contribution in [3.05, 3.63) is 47.5 Å².